The minimum Gasteiger partial charge on any atom is -0.481 e. The number of carbonyl (C=O) groups is 1. The number of halogens is 3. The van der Waals surface area contributed by atoms with E-state index in [1.165, 1.54) is 4.90 Å². The van der Waals surface area contributed by atoms with Crippen LogP contribution in [-0.2, 0) is 4.79 Å². The first kappa shape index (κ1) is 12.3. The second kappa shape index (κ2) is 4.83. The molecule has 88 valence electrons. The fourth-order valence-corrected chi connectivity index (χ4v) is 1.87. The summed E-state index contributed by atoms with van der Waals surface area (Å²) in [6, 6.07) is -1.45. The van der Waals surface area contributed by atoms with Crippen LogP contribution >= 0.6 is 0 Å². The van der Waals surface area contributed by atoms with Crippen molar-refractivity contribution in [3.05, 3.63) is 0 Å². The van der Waals surface area contributed by atoms with Crippen molar-refractivity contribution in [2.24, 2.45) is 0 Å². The summed E-state index contributed by atoms with van der Waals surface area (Å²) in [5.74, 6) is -1.05. The molecule has 1 fully saturated rings. The molecule has 0 bridgehead atoms. The molecule has 0 aromatic rings. The summed E-state index contributed by atoms with van der Waals surface area (Å²) in [5.41, 5.74) is 0. The Bertz CT molecular complexity index is 230. The fraction of sp³-hybridized carbons (Fsp3) is 0.889. The van der Waals surface area contributed by atoms with Crippen molar-refractivity contribution in [2.75, 3.05) is 13.1 Å². The van der Waals surface area contributed by atoms with Crippen molar-refractivity contribution >= 4 is 5.97 Å². The van der Waals surface area contributed by atoms with Crippen molar-refractivity contribution < 1.29 is 23.1 Å². The molecule has 1 rings (SSSR count). The number of nitrogens with zero attached hydrogens (tertiary/aromatic N) is 1. The van der Waals surface area contributed by atoms with E-state index < -0.39 is 18.2 Å². The van der Waals surface area contributed by atoms with Gasteiger partial charge in [0, 0.05) is 6.54 Å². The number of carboxylic acid groups (broad SMARTS) is 1. The number of likely N-dealkylation sites (tertiary alicyclic amines) is 1. The molecular formula is C9H14F3NO2. The standard InChI is InChI=1S/C9H14F3NO2/c10-9(11,12)7-3-1-2-5-13(7)6-4-8(14)15/h7H,1-6H2,(H,14,15). The highest BCUT2D eigenvalue weighted by Crippen LogP contribution is 2.31. The first-order valence-corrected chi connectivity index (χ1v) is 4.94. The van der Waals surface area contributed by atoms with Gasteiger partial charge in [0.05, 0.1) is 6.42 Å². The normalized spacial score (nSPS) is 24.1. The Morgan fingerprint density at radius 2 is 2.07 bits per heavy atom. The van der Waals surface area contributed by atoms with Gasteiger partial charge in [-0.05, 0) is 19.4 Å². The van der Waals surface area contributed by atoms with Crippen molar-refractivity contribution in [2.45, 2.75) is 37.9 Å². The molecule has 6 heteroatoms. The van der Waals surface area contributed by atoms with Crippen LogP contribution in [0.5, 0.6) is 0 Å². The molecule has 15 heavy (non-hydrogen) atoms. The van der Waals surface area contributed by atoms with Crippen molar-refractivity contribution in [1.82, 2.24) is 4.90 Å². The van der Waals surface area contributed by atoms with E-state index in [4.69, 9.17) is 5.11 Å². The topological polar surface area (TPSA) is 40.5 Å². The molecule has 0 radical (unpaired) electrons. The molecule has 1 aliphatic heterocycles. The Labute approximate surface area is 85.9 Å². The Hall–Kier alpha value is -0.780. The lowest BCUT2D eigenvalue weighted by molar-refractivity contribution is -0.191. The largest absolute Gasteiger partial charge is 0.481 e. The Kier molecular flexibility index (Phi) is 3.96. The molecule has 0 aliphatic carbocycles. The van der Waals surface area contributed by atoms with Gasteiger partial charge in [0.2, 0.25) is 0 Å². The number of aliphatic carboxylic acids is 1. The first-order valence-electron chi connectivity index (χ1n) is 4.94. The van der Waals surface area contributed by atoms with E-state index >= 15 is 0 Å². The zero-order chi connectivity index (χ0) is 11.5. The molecule has 0 amide bonds. The first-order chi connectivity index (χ1) is 6.91. The fourth-order valence-electron chi connectivity index (χ4n) is 1.87. The minimum absolute atomic E-state index is 0.0144. The molecule has 1 saturated heterocycles. The van der Waals surface area contributed by atoms with Gasteiger partial charge in [0.25, 0.3) is 0 Å². The van der Waals surface area contributed by atoms with Gasteiger partial charge in [-0.15, -0.1) is 0 Å². The third-order valence-corrected chi connectivity index (χ3v) is 2.60. The zero-order valence-electron chi connectivity index (χ0n) is 8.26. The number of hydrogen-bond donors (Lipinski definition) is 1. The summed E-state index contributed by atoms with van der Waals surface area (Å²) >= 11 is 0. The van der Waals surface area contributed by atoms with E-state index in [0.717, 1.165) is 0 Å². The summed E-state index contributed by atoms with van der Waals surface area (Å²) < 4.78 is 37.6. The quantitative estimate of drug-likeness (QED) is 0.797. The van der Waals surface area contributed by atoms with Gasteiger partial charge in [-0.2, -0.15) is 13.2 Å². The van der Waals surface area contributed by atoms with E-state index in [1.54, 1.807) is 0 Å². The molecule has 1 atom stereocenters. The lowest BCUT2D eigenvalue weighted by Gasteiger charge is -2.36. The highest BCUT2D eigenvalue weighted by molar-refractivity contribution is 5.66. The summed E-state index contributed by atoms with van der Waals surface area (Å²) in [6.07, 6.45) is -3.10. The van der Waals surface area contributed by atoms with Gasteiger partial charge in [0.15, 0.2) is 0 Å². The Morgan fingerprint density at radius 3 is 2.60 bits per heavy atom. The molecule has 1 N–H and O–H groups in total. The number of carboxylic acids is 1. The minimum atomic E-state index is -4.24. The van der Waals surface area contributed by atoms with E-state index in [0.29, 0.717) is 19.4 Å². The van der Waals surface area contributed by atoms with Crippen LogP contribution in [0.25, 0.3) is 0 Å². The molecule has 0 aromatic heterocycles. The van der Waals surface area contributed by atoms with Crippen LogP contribution < -0.4 is 0 Å². The summed E-state index contributed by atoms with van der Waals surface area (Å²) in [7, 11) is 0. The maximum atomic E-state index is 12.5. The zero-order valence-corrected chi connectivity index (χ0v) is 8.26. The highest BCUT2D eigenvalue weighted by atomic mass is 19.4. The van der Waals surface area contributed by atoms with Crippen LogP contribution in [0.15, 0.2) is 0 Å². The molecule has 1 unspecified atom stereocenters. The Morgan fingerprint density at radius 1 is 1.40 bits per heavy atom. The van der Waals surface area contributed by atoms with Gasteiger partial charge in [0.1, 0.15) is 6.04 Å². The van der Waals surface area contributed by atoms with Crippen molar-refractivity contribution in [1.29, 1.82) is 0 Å². The van der Waals surface area contributed by atoms with Crippen molar-refractivity contribution in [3.63, 3.8) is 0 Å². The SMILES string of the molecule is O=C(O)CCN1CCCCC1C(F)(F)F. The van der Waals surface area contributed by atoms with Crippen LogP contribution in [0.4, 0.5) is 13.2 Å². The number of alkyl halides is 3. The predicted octanol–water partition coefficient (Wildman–Crippen LogP) is 1.88. The van der Waals surface area contributed by atoms with Gasteiger partial charge >= 0.3 is 12.1 Å². The lowest BCUT2D eigenvalue weighted by atomic mass is 10.0. The number of rotatable bonds is 3. The summed E-state index contributed by atoms with van der Waals surface area (Å²) in [5, 5.41) is 8.43. The second-order valence-corrected chi connectivity index (χ2v) is 3.73. The van der Waals surface area contributed by atoms with Gasteiger partial charge < -0.3 is 5.11 Å². The predicted molar refractivity (Wildman–Crippen MR) is 47.5 cm³/mol. The van der Waals surface area contributed by atoms with Gasteiger partial charge in [-0.3, -0.25) is 9.69 Å². The average molecular weight is 225 g/mol. The van der Waals surface area contributed by atoms with Gasteiger partial charge in [-0.25, -0.2) is 0 Å². The summed E-state index contributed by atoms with van der Waals surface area (Å²) in [6.45, 7) is 0.330. The van der Waals surface area contributed by atoms with Crippen LogP contribution in [0.3, 0.4) is 0 Å². The number of piperidine rings is 1. The van der Waals surface area contributed by atoms with E-state index in [2.05, 4.69) is 0 Å². The molecule has 0 spiro atoms. The molecule has 3 nitrogen and oxygen atoms in total. The van der Waals surface area contributed by atoms with Crippen LogP contribution in [0.1, 0.15) is 25.7 Å². The molecule has 0 saturated carbocycles. The molecule has 1 aliphatic rings. The van der Waals surface area contributed by atoms with E-state index in [1.807, 2.05) is 0 Å². The summed E-state index contributed by atoms with van der Waals surface area (Å²) in [4.78, 5) is 11.5. The average Bonchev–Trinajstić information content (AvgIpc) is 2.13. The van der Waals surface area contributed by atoms with Gasteiger partial charge in [-0.1, -0.05) is 6.42 Å². The smallest absolute Gasteiger partial charge is 0.404 e. The molecule has 1 heterocycles. The van der Waals surface area contributed by atoms with E-state index in [9.17, 15) is 18.0 Å². The highest BCUT2D eigenvalue weighted by Gasteiger charge is 2.44. The van der Waals surface area contributed by atoms with Crippen molar-refractivity contribution in [3.8, 4) is 0 Å². The van der Waals surface area contributed by atoms with Crippen LogP contribution in [0.2, 0.25) is 0 Å². The second-order valence-electron chi connectivity index (χ2n) is 3.73. The Balaban J connectivity index is 2.54. The van der Waals surface area contributed by atoms with Crippen LogP contribution in [0, 0.1) is 0 Å². The van der Waals surface area contributed by atoms with Crippen LogP contribution in [-0.4, -0.2) is 41.3 Å². The maximum Gasteiger partial charge on any atom is 0.404 e. The third-order valence-electron chi connectivity index (χ3n) is 2.60. The third kappa shape index (κ3) is 3.70. The lowest BCUT2D eigenvalue weighted by Crippen LogP contribution is -2.49. The monoisotopic (exact) mass is 225 g/mol. The molecule has 0 aromatic carbocycles. The number of hydrogen-bond acceptors (Lipinski definition) is 2. The molecular weight excluding hydrogens is 211 g/mol. The maximum absolute atomic E-state index is 12.5. The van der Waals surface area contributed by atoms with E-state index in [-0.39, 0.29) is 19.4 Å².